The van der Waals surface area contributed by atoms with E-state index in [1.807, 2.05) is 44.0 Å². The average Bonchev–Trinajstić information content (AvgIpc) is 3.31. The third kappa shape index (κ3) is 4.92. The normalized spacial score (nSPS) is 15.3. The van der Waals surface area contributed by atoms with Crippen LogP contribution < -0.4 is 15.1 Å². The Morgan fingerprint density at radius 3 is 2.27 bits per heavy atom. The summed E-state index contributed by atoms with van der Waals surface area (Å²) in [6.45, 7) is 8.76. The van der Waals surface area contributed by atoms with Gasteiger partial charge in [0.25, 0.3) is 0 Å². The van der Waals surface area contributed by atoms with Crippen molar-refractivity contribution in [2.45, 2.75) is 33.0 Å². The molecule has 7 nitrogen and oxygen atoms in total. The number of rotatable bonds is 5. The van der Waals surface area contributed by atoms with Gasteiger partial charge in [-0.05, 0) is 50.1 Å². The predicted octanol–water partition coefficient (Wildman–Crippen LogP) is 5.50. The second-order valence-corrected chi connectivity index (χ2v) is 9.59. The fourth-order valence-corrected chi connectivity index (χ4v) is 5.09. The first-order chi connectivity index (χ1) is 17.6. The summed E-state index contributed by atoms with van der Waals surface area (Å²) in [5, 5.41) is 18.2. The minimum Gasteiger partial charge on any atom is -0.368 e. The molecule has 2 aromatic carbocycles. The number of piperazine rings is 1. The Labute approximate surface area is 213 Å². The van der Waals surface area contributed by atoms with E-state index in [0.717, 1.165) is 60.1 Å². The first kappa shape index (κ1) is 24.9. The van der Waals surface area contributed by atoms with E-state index in [9.17, 15) is 13.2 Å². The number of anilines is 3. The Kier molecular flexibility index (Phi) is 6.43. The summed E-state index contributed by atoms with van der Waals surface area (Å²) in [6, 6.07) is 10.1. The van der Waals surface area contributed by atoms with Gasteiger partial charge in [-0.15, -0.1) is 5.10 Å². The molecule has 0 saturated carbocycles. The molecule has 37 heavy (non-hydrogen) atoms. The van der Waals surface area contributed by atoms with Gasteiger partial charge in [0.1, 0.15) is 0 Å². The third-order valence-electron chi connectivity index (χ3n) is 7.15. The molecule has 3 heterocycles. The SMILES string of the molecule is Cc1c(C(C)Nc2nnc(C)c3ccc(N4CCN(c5cnn(C)c5)CC4)cc23)cccc1C(F)(F)F. The van der Waals surface area contributed by atoms with Crippen molar-refractivity contribution in [1.82, 2.24) is 20.0 Å². The van der Waals surface area contributed by atoms with Crippen molar-refractivity contribution in [3.8, 4) is 0 Å². The molecule has 1 saturated heterocycles. The van der Waals surface area contributed by atoms with Gasteiger partial charge in [0.15, 0.2) is 5.82 Å². The summed E-state index contributed by atoms with van der Waals surface area (Å²) >= 11 is 0. The van der Waals surface area contributed by atoms with Crippen LogP contribution in [-0.4, -0.2) is 46.2 Å². The molecule has 0 aliphatic carbocycles. The molecule has 0 amide bonds. The largest absolute Gasteiger partial charge is 0.416 e. The molecule has 0 spiro atoms. The van der Waals surface area contributed by atoms with E-state index < -0.39 is 17.8 Å². The maximum absolute atomic E-state index is 13.5. The minimum atomic E-state index is -4.40. The average molecular weight is 510 g/mol. The minimum absolute atomic E-state index is 0.214. The van der Waals surface area contributed by atoms with Crippen molar-refractivity contribution in [3.63, 3.8) is 0 Å². The van der Waals surface area contributed by atoms with Gasteiger partial charge in [-0.2, -0.15) is 23.4 Å². The molecule has 1 N–H and O–H groups in total. The maximum Gasteiger partial charge on any atom is 0.416 e. The zero-order chi connectivity index (χ0) is 26.3. The van der Waals surface area contributed by atoms with E-state index in [1.165, 1.54) is 13.0 Å². The van der Waals surface area contributed by atoms with Crippen LogP contribution in [0.1, 0.15) is 35.3 Å². The summed E-state index contributed by atoms with van der Waals surface area (Å²) < 4.78 is 42.2. The maximum atomic E-state index is 13.5. The fraction of sp³-hybridized carbons (Fsp3) is 0.370. The number of aromatic nitrogens is 4. The molecular weight excluding hydrogens is 479 g/mol. The second-order valence-electron chi connectivity index (χ2n) is 9.59. The van der Waals surface area contributed by atoms with Gasteiger partial charge < -0.3 is 15.1 Å². The van der Waals surface area contributed by atoms with Gasteiger partial charge >= 0.3 is 6.18 Å². The third-order valence-corrected chi connectivity index (χ3v) is 7.15. The van der Waals surface area contributed by atoms with Crippen LogP contribution in [0.5, 0.6) is 0 Å². The number of nitrogens with one attached hydrogen (secondary N) is 1. The summed E-state index contributed by atoms with van der Waals surface area (Å²) in [5.41, 5.74) is 3.18. The molecule has 1 unspecified atom stereocenters. The first-order valence-corrected chi connectivity index (χ1v) is 12.3. The molecule has 5 rings (SSSR count). The number of alkyl halides is 3. The van der Waals surface area contributed by atoms with Crippen molar-refractivity contribution in [2.75, 3.05) is 41.3 Å². The van der Waals surface area contributed by atoms with Crippen LogP contribution in [0.15, 0.2) is 48.8 Å². The molecule has 1 fully saturated rings. The van der Waals surface area contributed by atoms with E-state index in [-0.39, 0.29) is 5.56 Å². The Bertz CT molecular complexity index is 1420. The van der Waals surface area contributed by atoms with Crippen LogP contribution in [0.3, 0.4) is 0 Å². The highest BCUT2D eigenvalue weighted by Crippen LogP contribution is 2.36. The molecule has 0 radical (unpaired) electrons. The molecule has 2 aromatic heterocycles. The molecule has 10 heteroatoms. The highest BCUT2D eigenvalue weighted by atomic mass is 19.4. The number of benzene rings is 2. The molecule has 1 aliphatic rings. The number of nitrogens with zero attached hydrogens (tertiary/aromatic N) is 6. The topological polar surface area (TPSA) is 62.1 Å². The monoisotopic (exact) mass is 509 g/mol. The van der Waals surface area contributed by atoms with Gasteiger partial charge in [0.05, 0.1) is 29.2 Å². The van der Waals surface area contributed by atoms with Gasteiger partial charge in [-0.1, -0.05) is 18.2 Å². The highest BCUT2D eigenvalue weighted by molar-refractivity contribution is 5.95. The zero-order valence-corrected chi connectivity index (χ0v) is 21.3. The van der Waals surface area contributed by atoms with E-state index in [2.05, 4.69) is 42.5 Å². The van der Waals surface area contributed by atoms with Gasteiger partial charge in [-0.25, -0.2) is 0 Å². The number of hydrogen-bond acceptors (Lipinski definition) is 6. The van der Waals surface area contributed by atoms with E-state index in [0.29, 0.717) is 11.4 Å². The van der Waals surface area contributed by atoms with E-state index >= 15 is 0 Å². The molecular formula is C27H30F3N7. The van der Waals surface area contributed by atoms with Crippen molar-refractivity contribution in [2.24, 2.45) is 7.05 Å². The van der Waals surface area contributed by atoms with Gasteiger partial charge in [-0.3, -0.25) is 4.68 Å². The first-order valence-electron chi connectivity index (χ1n) is 12.3. The number of aryl methyl sites for hydroxylation is 2. The van der Waals surface area contributed by atoms with Crippen LogP contribution in [0.2, 0.25) is 0 Å². The number of halogens is 3. The van der Waals surface area contributed by atoms with E-state index in [4.69, 9.17) is 0 Å². The smallest absolute Gasteiger partial charge is 0.368 e. The van der Waals surface area contributed by atoms with Crippen LogP contribution in [0.25, 0.3) is 10.8 Å². The van der Waals surface area contributed by atoms with Gasteiger partial charge in [0.2, 0.25) is 0 Å². The highest BCUT2D eigenvalue weighted by Gasteiger charge is 2.33. The van der Waals surface area contributed by atoms with Crippen LogP contribution >= 0.6 is 0 Å². The van der Waals surface area contributed by atoms with Crippen molar-refractivity contribution in [3.05, 3.63) is 71.2 Å². The van der Waals surface area contributed by atoms with Crippen LogP contribution in [0.4, 0.5) is 30.4 Å². The van der Waals surface area contributed by atoms with Crippen molar-refractivity contribution in [1.29, 1.82) is 0 Å². The van der Waals surface area contributed by atoms with Crippen molar-refractivity contribution < 1.29 is 13.2 Å². The summed E-state index contributed by atoms with van der Waals surface area (Å²) in [7, 11) is 1.92. The molecule has 0 bridgehead atoms. The zero-order valence-electron chi connectivity index (χ0n) is 21.3. The molecule has 194 valence electrons. The standard InChI is InChI=1S/C27H30F3N7/c1-17-22(6-5-7-25(17)27(28,29)30)18(2)32-26-24-14-20(8-9-23(24)19(3)33-34-26)36-10-12-37(13-11-36)21-15-31-35(4)16-21/h5-9,14-16,18H,10-13H2,1-4H3,(H,32,34). The lowest BCUT2D eigenvalue weighted by Crippen LogP contribution is -2.46. The molecule has 1 aliphatic heterocycles. The summed E-state index contributed by atoms with van der Waals surface area (Å²) in [6.07, 6.45) is -0.483. The Hall–Kier alpha value is -3.82. The van der Waals surface area contributed by atoms with Crippen LogP contribution in [-0.2, 0) is 13.2 Å². The number of hydrogen-bond donors (Lipinski definition) is 1. The van der Waals surface area contributed by atoms with E-state index in [1.54, 1.807) is 6.07 Å². The van der Waals surface area contributed by atoms with Crippen LogP contribution in [0, 0.1) is 13.8 Å². The summed E-state index contributed by atoms with van der Waals surface area (Å²) in [4.78, 5) is 4.67. The quantitative estimate of drug-likeness (QED) is 0.384. The Morgan fingerprint density at radius 2 is 1.62 bits per heavy atom. The fourth-order valence-electron chi connectivity index (χ4n) is 5.09. The van der Waals surface area contributed by atoms with Gasteiger partial charge in [0, 0.05) is 55.9 Å². The Morgan fingerprint density at radius 1 is 0.919 bits per heavy atom. The Balaban J connectivity index is 1.40. The summed E-state index contributed by atoms with van der Waals surface area (Å²) in [5.74, 6) is 0.556. The molecule has 4 aromatic rings. The lowest BCUT2D eigenvalue weighted by molar-refractivity contribution is -0.138. The van der Waals surface area contributed by atoms with Crippen molar-refractivity contribution >= 4 is 28.0 Å². The second kappa shape index (κ2) is 9.57. The predicted molar refractivity (Wildman–Crippen MR) is 140 cm³/mol. The lowest BCUT2D eigenvalue weighted by Gasteiger charge is -2.36. The molecule has 1 atom stereocenters. The lowest BCUT2D eigenvalue weighted by atomic mass is 9.97. The number of fused-ring (bicyclic) bond motifs is 1.